The smallest absolute Gasteiger partial charge is 0.259 e. The Labute approximate surface area is 179 Å². The average Bonchev–Trinajstić information content (AvgIpc) is 3.15. The topological polar surface area (TPSA) is 74.7 Å². The van der Waals surface area contributed by atoms with E-state index < -0.39 is 11.7 Å². The van der Waals surface area contributed by atoms with Crippen LogP contribution in [-0.4, -0.2) is 35.3 Å². The van der Waals surface area contributed by atoms with E-state index in [0.717, 1.165) is 10.0 Å². The number of nitrogens with zero attached hydrogens (tertiary/aromatic N) is 2. The summed E-state index contributed by atoms with van der Waals surface area (Å²) in [5.74, 6) is -0.480. The van der Waals surface area contributed by atoms with E-state index in [0.29, 0.717) is 27.2 Å². The summed E-state index contributed by atoms with van der Waals surface area (Å²) >= 11 is 4.59. The molecule has 1 amide bonds. The van der Waals surface area contributed by atoms with E-state index in [1.807, 2.05) is 17.9 Å². The third-order valence-electron chi connectivity index (χ3n) is 4.49. The van der Waals surface area contributed by atoms with E-state index in [-0.39, 0.29) is 19.3 Å². The Hall–Kier alpha value is -2.49. The fourth-order valence-corrected chi connectivity index (χ4v) is 4.21. The van der Waals surface area contributed by atoms with Crippen LogP contribution >= 0.6 is 27.3 Å². The normalized spacial score (nSPS) is 15.6. The Kier molecular flexibility index (Phi) is 5.53. The molecule has 0 saturated heterocycles. The summed E-state index contributed by atoms with van der Waals surface area (Å²) in [5.41, 5.74) is 1.31. The van der Waals surface area contributed by atoms with E-state index >= 15 is 0 Å². The lowest BCUT2D eigenvalue weighted by atomic mass is 10.1. The monoisotopic (exact) mass is 477 g/mol. The number of carbonyl (C=O) groups is 1. The van der Waals surface area contributed by atoms with Crippen molar-refractivity contribution in [1.82, 2.24) is 4.98 Å². The van der Waals surface area contributed by atoms with Gasteiger partial charge in [0.2, 0.25) is 0 Å². The number of anilines is 3. The van der Waals surface area contributed by atoms with Crippen molar-refractivity contribution in [3.63, 3.8) is 0 Å². The lowest BCUT2D eigenvalue weighted by molar-refractivity contribution is 0.102. The number of nitrogens with one attached hydrogen (secondary N) is 1. The van der Waals surface area contributed by atoms with E-state index in [1.165, 1.54) is 23.5 Å². The Morgan fingerprint density at radius 1 is 1.45 bits per heavy atom. The number of ether oxygens (including phenoxy) is 1. The number of fused-ring (bicyclic) bond motifs is 1. The third kappa shape index (κ3) is 3.85. The molecule has 0 aliphatic carbocycles. The number of para-hydroxylation sites is 1. The van der Waals surface area contributed by atoms with Gasteiger partial charge in [0.25, 0.3) is 5.91 Å². The standard InChI is InChI=1S/C20H17BrFN3O3S/c1-11-8-23-20(29-11)25-13(9-26)10-28-18-14(3-2-4-17(18)25)19(27)24-12-5-6-15(21)16(22)7-12/h2-8,13,26H,9-10H2,1H3,(H,24,27). The van der Waals surface area contributed by atoms with Crippen molar-refractivity contribution in [2.24, 2.45) is 0 Å². The minimum absolute atomic E-state index is 0.118. The Bertz CT molecular complexity index is 1070. The third-order valence-corrected chi connectivity index (χ3v) is 6.04. The molecule has 150 valence electrons. The molecule has 9 heteroatoms. The summed E-state index contributed by atoms with van der Waals surface area (Å²) in [5, 5.41) is 13.2. The molecule has 1 aromatic heterocycles. The number of aryl methyl sites for hydroxylation is 1. The maximum atomic E-state index is 13.8. The lowest BCUT2D eigenvalue weighted by Gasteiger charge is -2.36. The van der Waals surface area contributed by atoms with Crippen molar-refractivity contribution in [1.29, 1.82) is 0 Å². The zero-order valence-electron chi connectivity index (χ0n) is 15.4. The summed E-state index contributed by atoms with van der Waals surface area (Å²) in [6.45, 7) is 2.05. The van der Waals surface area contributed by atoms with Crippen LogP contribution in [0.5, 0.6) is 5.75 Å². The molecule has 0 spiro atoms. The second kappa shape index (κ2) is 8.10. The first-order chi connectivity index (χ1) is 14.0. The quantitative estimate of drug-likeness (QED) is 0.578. The van der Waals surface area contributed by atoms with Crippen LogP contribution in [-0.2, 0) is 0 Å². The first-order valence-corrected chi connectivity index (χ1v) is 10.4. The van der Waals surface area contributed by atoms with Crippen LogP contribution in [0.4, 0.5) is 20.9 Å². The largest absolute Gasteiger partial charge is 0.488 e. The van der Waals surface area contributed by atoms with Crippen molar-refractivity contribution in [3.8, 4) is 5.75 Å². The predicted octanol–water partition coefficient (Wildman–Crippen LogP) is 4.50. The molecule has 6 nitrogen and oxygen atoms in total. The van der Waals surface area contributed by atoms with Crippen LogP contribution in [0.15, 0.2) is 47.1 Å². The van der Waals surface area contributed by atoms with Gasteiger partial charge in [0.1, 0.15) is 12.4 Å². The number of hydrogen-bond acceptors (Lipinski definition) is 6. The number of thiazole rings is 1. The molecule has 2 heterocycles. The molecule has 1 atom stereocenters. The highest BCUT2D eigenvalue weighted by molar-refractivity contribution is 9.10. The van der Waals surface area contributed by atoms with Crippen molar-refractivity contribution in [3.05, 3.63) is 63.3 Å². The maximum absolute atomic E-state index is 13.8. The molecule has 0 radical (unpaired) electrons. The van der Waals surface area contributed by atoms with E-state index in [4.69, 9.17) is 4.74 Å². The molecule has 3 aromatic rings. The van der Waals surface area contributed by atoms with Gasteiger partial charge in [-0.2, -0.15) is 0 Å². The number of halogens is 2. The van der Waals surface area contributed by atoms with Crippen molar-refractivity contribution >= 4 is 49.7 Å². The number of rotatable bonds is 4. The number of aliphatic hydroxyl groups excluding tert-OH is 1. The molecule has 0 saturated carbocycles. The van der Waals surface area contributed by atoms with Crippen molar-refractivity contribution < 1.29 is 19.0 Å². The molecule has 0 fully saturated rings. The van der Waals surface area contributed by atoms with Gasteiger partial charge in [0, 0.05) is 16.8 Å². The van der Waals surface area contributed by atoms with Crippen LogP contribution in [0.3, 0.4) is 0 Å². The molecule has 1 aliphatic heterocycles. The van der Waals surface area contributed by atoms with Crippen LogP contribution < -0.4 is 15.0 Å². The molecule has 2 N–H and O–H groups in total. The minimum Gasteiger partial charge on any atom is -0.488 e. The Morgan fingerprint density at radius 2 is 2.28 bits per heavy atom. The first-order valence-electron chi connectivity index (χ1n) is 8.82. The lowest BCUT2D eigenvalue weighted by Crippen LogP contribution is -2.42. The highest BCUT2D eigenvalue weighted by atomic mass is 79.9. The van der Waals surface area contributed by atoms with Gasteiger partial charge < -0.3 is 20.1 Å². The second-order valence-corrected chi connectivity index (χ2v) is 8.58. The predicted molar refractivity (Wildman–Crippen MR) is 114 cm³/mol. The van der Waals surface area contributed by atoms with E-state index in [9.17, 15) is 14.3 Å². The number of hydrogen-bond donors (Lipinski definition) is 2. The molecular formula is C20H17BrFN3O3S. The summed E-state index contributed by atoms with van der Waals surface area (Å²) in [4.78, 5) is 20.2. The number of benzene rings is 2. The number of aromatic nitrogens is 1. The van der Waals surface area contributed by atoms with Crippen LogP contribution in [0.25, 0.3) is 0 Å². The van der Waals surface area contributed by atoms with Gasteiger partial charge in [-0.15, -0.1) is 11.3 Å². The molecule has 1 unspecified atom stereocenters. The number of amides is 1. The first kappa shape index (κ1) is 19.8. The van der Waals surface area contributed by atoms with Gasteiger partial charge in [-0.1, -0.05) is 6.07 Å². The highest BCUT2D eigenvalue weighted by Gasteiger charge is 2.32. The molecule has 1 aliphatic rings. The minimum atomic E-state index is -0.467. The summed E-state index contributed by atoms with van der Waals surface area (Å²) in [6.07, 6.45) is 1.77. The van der Waals surface area contributed by atoms with Crippen LogP contribution in [0.2, 0.25) is 0 Å². The second-order valence-electron chi connectivity index (χ2n) is 6.51. The molecular weight excluding hydrogens is 461 g/mol. The van der Waals surface area contributed by atoms with Gasteiger partial charge in [0.05, 0.1) is 28.4 Å². The Morgan fingerprint density at radius 3 is 2.97 bits per heavy atom. The SMILES string of the molecule is Cc1cnc(N2c3cccc(C(=O)Nc4ccc(Br)c(F)c4)c3OCC2CO)s1. The van der Waals surface area contributed by atoms with Crippen molar-refractivity contribution in [2.75, 3.05) is 23.4 Å². The van der Waals surface area contributed by atoms with Gasteiger partial charge in [-0.3, -0.25) is 4.79 Å². The molecule has 0 bridgehead atoms. The molecule has 2 aromatic carbocycles. The Balaban J connectivity index is 1.70. The summed E-state index contributed by atoms with van der Waals surface area (Å²) < 4.78 is 19.9. The zero-order chi connectivity index (χ0) is 20.5. The molecule has 4 rings (SSSR count). The zero-order valence-corrected chi connectivity index (χ0v) is 17.8. The van der Waals surface area contributed by atoms with E-state index in [2.05, 4.69) is 26.2 Å². The van der Waals surface area contributed by atoms with Crippen molar-refractivity contribution in [2.45, 2.75) is 13.0 Å². The fraction of sp³-hybridized carbons (Fsp3) is 0.200. The maximum Gasteiger partial charge on any atom is 0.259 e. The van der Waals surface area contributed by atoms with Gasteiger partial charge in [-0.05, 0) is 53.2 Å². The average molecular weight is 478 g/mol. The number of carbonyl (C=O) groups excluding carboxylic acids is 1. The fourth-order valence-electron chi connectivity index (χ4n) is 3.12. The summed E-state index contributed by atoms with van der Waals surface area (Å²) in [6, 6.07) is 9.27. The van der Waals surface area contributed by atoms with Crippen LogP contribution in [0.1, 0.15) is 15.2 Å². The van der Waals surface area contributed by atoms with Gasteiger partial charge >= 0.3 is 0 Å². The van der Waals surface area contributed by atoms with Gasteiger partial charge in [-0.25, -0.2) is 9.37 Å². The highest BCUT2D eigenvalue weighted by Crippen LogP contribution is 2.42. The van der Waals surface area contributed by atoms with E-state index in [1.54, 1.807) is 24.4 Å². The summed E-state index contributed by atoms with van der Waals surface area (Å²) in [7, 11) is 0. The number of aliphatic hydroxyl groups is 1. The van der Waals surface area contributed by atoms with Gasteiger partial charge in [0.15, 0.2) is 10.9 Å². The molecule has 29 heavy (non-hydrogen) atoms. The van der Waals surface area contributed by atoms with Crippen LogP contribution in [0, 0.1) is 12.7 Å².